The zero-order chi connectivity index (χ0) is 28.7. The Bertz CT molecular complexity index is 1420. The summed E-state index contributed by atoms with van der Waals surface area (Å²) in [7, 11) is -2.74. The van der Waals surface area contributed by atoms with Crippen molar-refractivity contribution < 1.29 is 22.7 Å². The first kappa shape index (κ1) is 30.5. The Labute approximate surface area is 243 Å². The second-order valence-electron chi connectivity index (χ2n) is 8.86. The molecule has 0 spiro atoms. The molecule has 39 heavy (non-hydrogen) atoms. The standard InChI is InChI=1S/C28H31BrClN3O5S/c1-5-31-28(35)20(3)32(17-21-8-10-22(29)11-9-21)27(34)18-33(23-12-15-26(38-4)25(30)16-23)39(36,37)24-13-6-19(2)7-14-24/h6-16,20H,5,17-18H2,1-4H3,(H,31,35). The third-order valence-corrected chi connectivity index (χ3v) is 8.71. The summed E-state index contributed by atoms with van der Waals surface area (Å²) in [5, 5.41) is 2.93. The van der Waals surface area contributed by atoms with Gasteiger partial charge in [-0.25, -0.2) is 8.42 Å². The Morgan fingerprint density at radius 2 is 1.69 bits per heavy atom. The van der Waals surface area contributed by atoms with Gasteiger partial charge in [0, 0.05) is 17.6 Å². The number of anilines is 1. The molecule has 2 amide bonds. The van der Waals surface area contributed by atoms with Crippen molar-refractivity contribution in [2.24, 2.45) is 0 Å². The zero-order valence-corrected chi connectivity index (χ0v) is 25.3. The third-order valence-electron chi connectivity index (χ3n) is 6.10. The van der Waals surface area contributed by atoms with Crippen LogP contribution < -0.4 is 14.4 Å². The van der Waals surface area contributed by atoms with Gasteiger partial charge in [0.25, 0.3) is 10.0 Å². The third kappa shape index (κ3) is 7.52. The van der Waals surface area contributed by atoms with Crippen molar-refractivity contribution in [1.82, 2.24) is 10.2 Å². The van der Waals surface area contributed by atoms with E-state index in [9.17, 15) is 18.0 Å². The Morgan fingerprint density at radius 3 is 2.26 bits per heavy atom. The molecular formula is C28H31BrClN3O5S. The van der Waals surface area contributed by atoms with Gasteiger partial charge in [0.2, 0.25) is 11.8 Å². The summed E-state index contributed by atoms with van der Waals surface area (Å²) in [4.78, 5) is 28.0. The van der Waals surface area contributed by atoms with Crippen LogP contribution in [0.4, 0.5) is 5.69 Å². The second-order valence-corrected chi connectivity index (χ2v) is 12.0. The summed E-state index contributed by atoms with van der Waals surface area (Å²) in [6, 6.07) is 17.3. The van der Waals surface area contributed by atoms with E-state index >= 15 is 0 Å². The number of benzene rings is 3. The second kappa shape index (κ2) is 13.3. The number of nitrogens with zero attached hydrogens (tertiary/aromatic N) is 2. The molecule has 0 saturated carbocycles. The minimum Gasteiger partial charge on any atom is -0.495 e. The quantitative estimate of drug-likeness (QED) is 0.314. The summed E-state index contributed by atoms with van der Waals surface area (Å²) < 4.78 is 34.8. The van der Waals surface area contributed by atoms with Gasteiger partial charge < -0.3 is 15.0 Å². The van der Waals surface area contributed by atoms with Crippen molar-refractivity contribution >= 4 is 55.1 Å². The molecule has 0 aromatic heterocycles. The first-order valence-corrected chi connectivity index (χ1v) is 14.8. The van der Waals surface area contributed by atoms with Crippen LogP contribution >= 0.6 is 27.5 Å². The Hall–Kier alpha value is -3.08. The lowest BCUT2D eigenvalue weighted by atomic mass is 10.1. The number of hydrogen-bond donors (Lipinski definition) is 1. The lowest BCUT2D eigenvalue weighted by Crippen LogP contribution is -2.51. The molecule has 0 fully saturated rings. The number of amides is 2. The van der Waals surface area contributed by atoms with Gasteiger partial charge in [-0.3, -0.25) is 13.9 Å². The number of likely N-dealkylation sites (N-methyl/N-ethyl adjacent to an activating group) is 1. The molecule has 0 heterocycles. The molecule has 8 nitrogen and oxygen atoms in total. The minimum atomic E-state index is -4.19. The number of carbonyl (C=O) groups is 2. The van der Waals surface area contributed by atoms with Crippen molar-refractivity contribution in [3.63, 3.8) is 0 Å². The van der Waals surface area contributed by atoms with E-state index in [0.717, 1.165) is 19.9 Å². The molecule has 208 valence electrons. The van der Waals surface area contributed by atoms with Crippen LogP contribution in [0.25, 0.3) is 0 Å². The van der Waals surface area contributed by atoms with Gasteiger partial charge >= 0.3 is 0 Å². The number of carbonyl (C=O) groups excluding carboxylic acids is 2. The summed E-state index contributed by atoms with van der Waals surface area (Å²) in [6.45, 7) is 5.19. The van der Waals surface area contributed by atoms with Crippen LogP contribution in [0.3, 0.4) is 0 Å². The first-order chi connectivity index (χ1) is 18.5. The van der Waals surface area contributed by atoms with Gasteiger partial charge in [-0.15, -0.1) is 0 Å². The molecule has 3 aromatic carbocycles. The van der Waals surface area contributed by atoms with Crippen LogP contribution in [0.5, 0.6) is 5.75 Å². The largest absolute Gasteiger partial charge is 0.495 e. The van der Waals surface area contributed by atoms with Crippen molar-refractivity contribution in [3.05, 3.63) is 87.4 Å². The monoisotopic (exact) mass is 635 g/mol. The maximum Gasteiger partial charge on any atom is 0.264 e. The number of halogens is 2. The molecule has 0 radical (unpaired) electrons. The maximum absolute atomic E-state index is 13.9. The smallest absolute Gasteiger partial charge is 0.264 e. The summed E-state index contributed by atoms with van der Waals surface area (Å²) in [6.07, 6.45) is 0. The van der Waals surface area contributed by atoms with E-state index in [1.807, 2.05) is 31.2 Å². The highest BCUT2D eigenvalue weighted by Gasteiger charge is 2.32. The van der Waals surface area contributed by atoms with Crippen LogP contribution in [-0.4, -0.2) is 51.4 Å². The van der Waals surface area contributed by atoms with E-state index < -0.39 is 28.5 Å². The zero-order valence-electron chi connectivity index (χ0n) is 22.1. The molecule has 3 aromatic rings. The van der Waals surface area contributed by atoms with Crippen molar-refractivity contribution in [1.29, 1.82) is 0 Å². The van der Waals surface area contributed by atoms with Gasteiger partial charge in [0.1, 0.15) is 18.3 Å². The number of ether oxygens (including phenoxy) is 1. The molecular weight excluding hydrogens is 606 g/mol. The average Bonchev–Trinajstić information content (AvgIpc) is 2.91. The first-order valence-electron chi connectivity index (χ1n) is 12.2. The van der Waals surface area contributed by atoms with Gasteiger partial charge in [-0.2, -0.15) is 0 Å². The number of nitrogens with one attached hydrogen (secondary N) is 1. The van der Waals surface area contributed by atoms with Crippen LogP contribution in [0.15, 0.2) is 76.1 Å². The fraction of sp³-hybridized carbons (Fsp3) is 0.286. The topological polar surface area (TPSA) is 96.0 Å². The summed E-state index contributed by atoms with van der Waals surface area (Å²) in [5.74, 6) is -0.538. The van der Waals surface area contributed by atoms with E-state index in [-0.39, 0.29) is 28.1 Å². The van der Waals surface area contributed by atoms with Crippen LogP contribution in [-0.2, 0) is 26.2 Å². The lowest BCUT2D eigenvalue weighted by molar-refractivity contribution is -0.139. The van der Waals surface area contributed by atoms with Crippen LogP contribution in [0.2, 0.25) is 5.02 Å². The van der Waals surface area contributed by atoms with E-state index in [1.165, 1.54) is 42.3 Å². The highest BCUT2D eigenvalue weighted by Crippen LogP contribution is 2.32. The van der Waals surface area contributed by atoms with E-state index in [1.54, 1.807) is 26.0 Å². The molecule has 11 heteroatoms. The van der Waals surface area contributed by atoms with Gasteiger partial charge in [-0.05, 0) is 68.8 Å². The van der Waals surface area contributed by atoms with E-state index in [0.29, 0.717) is 12.3 Å². The number of hydrogen-bond acceptors (Lipinski definition) is 5. The molecule has 3 rings (SSSR count). The summed E-state index contributed by atoms with van der Waals surface area (Å²) >= 11 is 9.74. The molecule has 0 bridgehead atoms. The Morgan fingerprint density at radius 1 is 1.05 bits per heavy atom. The predicted molar refractivity (Wildman–Crippen MR) is 157 cm³/mol. The van der Waals surface area contributed by atoms with Gasteiger partial charge in [0.05, 0.1) is 22.7 Å². The molecule has 1 atom stereocenters. The molecule has 0 aliphatic carbocycles. The van der Waals surface area contributed by atoms with E-state index in [2.05, 4.69) is 21.2 Å². The molecule has 1 N–H and O–H groups in total. The number of aryl methyl sites for hydroxylation is 1. The Balaban J connectivity index is 2.06. The minimum absolute atomic E-state index is 0.0177. The van der Waals surface area contributed by atoms with Crippen molar-refractivity contribution in [2.75, 3.05) is 24.5 Å². The lowest BCUT2D eigenvalue weighted by Gasteiger charge is -2.32. The molecule has 0 aliphatic heterocycles. The SMILES string of the molecule is CCNC(=O)C(C)N(Cc1ccc(Br)cc1)C(=O)CN(c1ccc(OC)c(Cl)c1)S(=O)(=O)c1ccc(C)cc1. The predicted octanol–water partition coefficient (Wildman–Crippen LogP) is 5.17. The van der Waals surface area contributed by atoms with Crippen LogP contribution in [0.1, 0.15) is 25.0 Å². The van der Waals surface area contributed by atoms with Crippen LogP contribution in [0, 0.1) is 6.92 Å². The fourth-order valence-electron chi connectivity index (χ4n) is 3.87. The highest BCUT2D eigenvalue weighted by molar-refractivity contribution is 9.10. The molecule has 0 saturated heterocycles. The van der Waals surface area contributed by atoms with Crippen molar-refractivity contribution in [3.8, 4) is 5.75 Å². The number of rotatable bonds is 11. The average molecular weight is 637 g/mol. The number of sulfonamides is 1. The number of methoxy groups -OCH3 is 1. The normalized spacial score (nSPS) is 11.9. The molecule has 1 unspecified atom stereocenters. The van der Waals surface area contributed by atoms with Crippen molar-refractivity contribution in [2.45, 2.75) is 38.3 Å². The van der Waals surface area contributed by atoms with Gasteiger partial charge in [-0.1, -0.05) is 57.4 Å². The van der Waals surface area contributed by atoms with Gasteiger partial charge in [0.15, 0.2) is 0 Å². The highest BCUT2D eigenvalue weighted by atomic mass is 79.9. The maximum atomic E-state index is 13.9. The Kier molecular flexibility index (Phi) is 10.4. The summed E-state index contributed by atoms with van der Waals surface area (Å²) in [5.41, 5.74) is 1.85. The van der Waals surface area contributed by atoms with E-state index in [4.69, 9.17) is 16.3 Å². The fourth-order valence-corrected chi connectivity index (χ4v) is 5.79. The molecule has 0 aliphatic rings.